The maximum absolute atomic E-state index is 11.0. The van der Waals surface area contributed by atoms with Crippen LogP contribution in [0.15, 0.2) is 11.6 Å². The molecule has 0 aliphatic heterocycles. The van der Waals surface area contributed by atoms with Crippen LogP contribution in [-0.4, -0.2) is 33.9 Å². The number of aliphatic hydroxyl groups is 2. The van der Waals surface area contributed by atoms with E-state index in [9.17, 15) is 20.3 Å². The topological polar surface area (TPSA) is 83.6 Å². The maximum Gasteiger partial charge on any atom is 0.223 e. The summed E-state index contributed by atoms with van der Waals surface area (Å²) < 4.78 is 0. The number of hydrogen-bond donors (Lipinski definition) is 2. The van der Waals surface area contributed by atoms with E-state index in [4.69, 9.17) is 0 Å². The molecule has 2 rings (SSSR count). The number of nitro groups is 1. The van der Waals surface area contributed by atoms with Crippen LogP contribution < -0.4 is 0 Å². The normalized spacial score (nSPS) is 41.6. The first-order valence-electron chi connectivity index (χ1n) is 6.48. The van der Waals surface area contributed by atoms with E-state index in [0.29, 0.717) is 6.42 Å². The van der Waals surface area contributed by atoms with Gasteiger partial charge in [-0.3, -0.25) is 10.1 Å². The summed E-state index contributed by atoms with van der Waals surface area (Å²) in [7, 11) is 0. The molecular formula is C13H21NO4. The van der Waals surface area contributed by atoms with Crippen molar-refractivity contribution < 1.29 is 15.1 Å². The van der Waals surface area contributed by atoms with Gasteiger partial charge in [-0.2, -0.15) is 0 Å². The summed E-state index contributed by atoms with van der Waals surface area (Å²) in [4.78, 5) is 10.8. The lowest BCUT2D eigenvalue weighted by molar-refractivity contribution is -0.531. The largest absolute Gasteiger partial charge is 0.396 e. The highest BCUT2D eigenvalue weighted by molar-refractivity contribution is 5.41. The highest BCUT2D eigenvalue weighted by Gasteiger charge is 2.59. The van der Waals surface area contributed by atoms with Crippen molar-refractivity contribution in [3.8, 4) is 0 Å². The zero-order chi connectivity index (χ0) is 13.7. The van der Waals surface area contributed by atoms with Crippen LogP contribution >= 0.6 is 0 Å². The van der Waals surface area contributed by atoms with Crippen LogP contribution in [0, 0.1) is 33.3 Å². The van der Waals surface area contributed by atoms with Gasteiger partial charge in [0.15, 0.2) is 0 Å². The second-order valence-electron chi connectivity index (χ2n) is 6.02. The fourth-order valence-electron chi connectivity index (χ4n) is 3.41. The molecule has 0 bridgehead atoms. The number of hydrogen-bond acceptors (Lipinski definition) is 4. The van der Waals surface area contributed by atoms with Crippen LogP contribution in [0.2, 0.25) is 0 Å². The van der Waals surface area contributed by atoms with Crippen molar-refractivity contribution in [2.45, 2.75) is 39.3 Å². The summed E-state index contributed by atoms with van der Waals surface area (Å²) in [5.74, 6) is -0.254. The Kier molecular flexibility index (Phi) is 3.23. The monoisotopic (exact) mass is 255 g/mol. The average Bonchev–Trinajstić information content (AvgIpc) is 3.12. The summed E-state index contributed by atoms with van der Waals surface area (Å²) in [5, 5.41) is 30.6. The van der Waals surface area contributed by atoms with Crippen molar-refractivity contribution in [2.75, 3.05) is 6.61 Å². The van der Waals surface area contributed by atoms with E-state index in [-0.39, 0.29) is 29.3 Å². The predicted octanol–water partition coefficient (Wildman–Crippen LogP) is 1.22. The van der Waals surface area contributed by atoms with Gasteiger partial charge in [0.25, 0.3) is 0 Å². The van der Waals surface area contributed by atoms with E-state index in [1.807, 2.05) is 19.9 Å². The zero-order valence-corrected chi connectivity index (χ0v) is 11.0. The third kappa shape index (κ3) is 1.77. The molecule has 0 saturated heterocycles. The first kappa shape index (κ1) is 13.5. The molecule has 1 saturated carbocycles. The molecule has 18 heavy (non-hydrogen) atoms. The van der Waals surface area contributed by atoms with Gasteiger partial charge in [-0.05, 0) is 5.92 Å². The van der Waals surface area contributed by atoms with Crippen molar-refractivity contribution in [1.29, 1.82) is 0 Å². The number of nitrogens with zero attached hydrogens (tertiary/aromatic N) is 1. The quantitative estimate of drug-likeness (QED) is 0.449. The van der Waals surface area contributed by atoms with E-state index >= 15 is 0 Å². The van der Waals surface area contributed by atoms with Crippen molar-refractivity contribution in [1.82, 2.24) is 0 Å². The van der Waals surface area contributed by atoms with Crippen molar-refractivity contribution in [3.05, 3.63) is 21.8 Å². The Labute approximate surface area is 107 Å². The molecule has 5 nitrogen and oxygen atoms in total. The van der Waals surface area contributed by atoms with Gasteiger partial charge >= 0.3 is 0 Å². The molecule has 6 atom stereocenters. The lowest BCUT2D eigenvalue weighted by Gasteiger charge is -2.44. The van der Waals surface area contributed by atoms with Gasteiger partial charge < -0.3 is 10.2 Å². The highest BCUT2D eigenvalue weighted by Crippen LogP contribution is 2.59. The minimum Gasteiger partial charge on any atom is -0.396 e. The van der Waals surface area contributed by atoms with Gasteiger partial charge in [-0.15, -0.1) is 0 Å². The second kappa shape index (κ2) is 4.31. The van der Waals surface area contributed by atoms with E-state index in [1.165, 1.54) is 0 Å². The number of aliphatic hydroxyl groups excluding tert-OH is 2. The summed E-state index contributed by atoms with van der Waals surface area (Å²) in [6.07, 6.45) is 1.76. The third-order valence-electron chi connectivity index (χ3n) is 4.98. The van der Waals surface area contributed by atoms with Crippen LogP contribution in [0.5, 0.6) is 0 Å². The molecule has 0 aromatic rings. The standard InChI is InChI=1S/C13H21NO4/c1-7(6-15)12(16)13(3)8(2)4-11(14(17)18)9-5-10(9)13/h5,7-9,11-12,15-16H,4,6H2,1-3H3/t7-,8-,9+,11?,12?,13?/m1/s1. The van der Waals surface area contributed by atoms with Crippen LogP contribution in [0.3, 0.4) is 0 Å². The molecule has 0 aromatic heterocycles. The molecule has 102 valence electrons. The lowest BCUT2D eigenvalue weighted by Crippen LogP contribution is -2.48. The molecule has 2 aliphatic carbocycles. The molecule has 5 heteroatoms. The van der Waals surface area contributed by atoms with Crippen LogP contribution in [0.4, 0.5) is 0 Å². The molecule has 0 aromatic carbocycles. The fraction of sp³-hybridized carbons (Fsp3) is 0.846. The van der Waals surface area contributed by atoms with Crippen LogP contribution in [-0.2, 0) is 0 Å². The summed E-state index contributed by atoms with van der Waals surface area (Å²) >= 11 is 0. The van der Waals surface area contributed by atoms with E-state index in [0.717, 1.165) is 5.57 Å². The lowest BCUT2D eigenvalue weighted by atomic mass is 9.62. The van der Waals surface area contributed by atoms with Gasteiger partial charge in [0.2, 0.25) is 6.04 Å². The van der Waals surface area contributed by atoms with Gasteiger partial charge in [-0.1, -0.05) is 32.4 Å². The Morgan fingerprint density at radius 3 is 2.78 bits per heavy atom. The van der Waals surface area contributed by atoms with Crippen LogP contribution in [0.1, 0.15) is 27.2 Å². The summed E-state index contributed by atoms with van der Waals surface area (Å²) in [6.45, 7) is 5.66. The maximum atomic E-state index is 11.0. The Morgan fingerprint density at radius 1 is 1.67 bits per heavy atom. The van der Waals surface area contributed by atoms with E-state index in [1.54, 1.807) is 6.92 Å². The molecule has 0 heterocycles. The van der Waals surface area contributed by atoms with Gasteiger partial charge in [0, 0.05) is 29.3 Å². The average molecular weight is 255 g/mol. The molecule has 3 unspecified atom stereocenters. The Bertz CT molecular complexity index is 394. The van der Waals surface area contributed by atoms with E-state index in [2.05, 4.69) is 0 Å². The SMILES string of the molecule is C[C@H](CO)C(O)C1(C)C2=C[C@@H]2C([N+](=O)[O-])C[C@H]1C. The molecule has 0 radical (unpaired) electrons. The van der Waals surface area contributed by atoms with Gasteiger partial charge in [-0.25, -0.2) is 0 Å². The first-order valence-corrected chi connectivity index (χ1v) is 6.48. The molecule has 1 fully saturated rings. The van der Waals surface area contributed by atoms with Crippen LogP contribution in [0.25, 0.3) is 0 Å². The first-order chi connectivity index (χ1) is 8.33. The fourth-order valence-corrected chi connectivity index (χ4v) is 3.41. The minimum absolute atomic E-state index is 0.0434. The number of rotatable bonds is 4. The zero-order valence-electron chi connectivity index (χ0n) is 11.0. The molecule has 0 amide bonds. The van der Waals surface area contributed by atoms with Crippen molar-refractivity contribution in [3.63, 3.8) is 0 Å². The molecule has 2 aliphatic rings. The second-order valence-corrected chi connectivity index (χ2v) is 6.02. The Morgan fingerprint density at radius 2 is 2.28 bits per heavy atom. The molecule has 2 N–H and O–H groups in total. The highest BCUT2D eigenvalue weighted by atomic mass is 16.6. The molecule has 0 spiro atoms. The van der Waals surface area contributed by atoms with Gasteiger partial charge in [0.05, 0.1) is 12.0 Å². The van der Waals surface area contributed by atoms with Gasteiger partial charge in [0.1, 0.15) is 0 Å². The predicted molar refractivity (Wildman–Crippen MR) is 66.5 cm³/mol. The third-order valence-corrected chi connectivity index (χ3v) is 4.98. The number of fused-ring (bicyclic) bond motifs is 1. The summed E-state index contributed by atoms with van der Waals surface area (Å²) in [5.41, 5.74) is 0.579. The minimum atomic E-state index is -0.651. The Hall–Kier alpha value is -0.940. The van der Waals surface area contributed by atoms with Crippen molar-refractivity contribution >= 4 is 0 Å². The molecular weight excluding hydrogens is 234 g/mol. The summed E-state index contributed by atoms with van der Waals surface area (Å²) in [6, 6.07) is -0.528. The Balaban J connectivity index is 2.21. The van der Waals surface area contributed by atoms with E-state index < -0.39 is 17.6 Å². The van der Waals surface area contributed by atoms with Crippen molar-refractivity contribution in [2.24, 2.45) is 23.2 Å². The smallest absolute Gasteiger partial charge is 0.223 e.